The number of amides is 1. The summed E-state index contributed by atoms with van der Waals surface area (Å²) < 4.78 is 0. The van der Waals surface area contributed by atoms with Crippen molar-refractivity contribution in [1.29, 1.82) is 0 Å². The van der Waals surface area contributed by atoms with Gasteiger partial charge in [-0.15, -0.1) is 5.92 Å². The standard InChI is InChI=1S/C7H11NOS/c1-2-3-5-8-7(9)4-6-10/h10H,4-6H2,1H3,(H,8,9). The SMILES string of the molecule is CC#CCNC(=O)CCS. The molecule has 0 unspecified atom stereocenters. The maximum Gasteiger partial charge on any atom is 0.221 e. The van der Waals surface area contributed by atoms with Crippen molar-refractivity contribution in [2.45, 2.75) is 13.3 Å². The number of nitrogens with one attached hydrogen (secondary N) is 1. The van der Waals surface area contributed by atoms with Crippen LogP contribution >= 0.6 is 12.6 Å². The second-order valence-corrected chi connectivity index (χ2v) is 2.12. The molecule has 0 spiro atoms. The van der Waals surface area contributed by atoms with Crippen molar-refractivity contribution in [3.05, 3.63) is 0 Å². The molecular weight excluding hydrogens is 146 g/mol. The molecule has 0 aromatic heterocycles. The van der Waals surface area contributed by atoms with Crippen LogP contribution in [0.2, 0.25) is 0 Å². The van der Waals surface area contributed by atoms with Crippen LogP contribution in [0.3, 0.4) is 0 Å². The average Bonchev–Trinajstić information content (AvgIpc) is 1.89. The van der Waals surface area contributed by atoms with Gasteiger partial charge in [0.1, 0.15) is 0 Å². The van der Waals surface area contributed by atoms with Gasteiger partial charge in [0.15, 0.2) is 0 Å². The highest BCUT2D eigenvalue weighted by molar-refractivity contribution is 7.80. The zero-order chi connectivity index (χ0) is 7.82. The Morgan fingerprint density at radius 3 is 2.90 bits per heavy atom. The molecule has 0 aromatic carbocycles. The minimum absolute atomic E-state index is 0.0118. The normalized spacial score (nSPS) is 7.80. The van der Waals surface area contributed by atoms with Gasteiger partial charge < -0.3 is 5.32 Å². The summed E-state index contributed by atoms with van der Waals surface area (Å²) >= 11 is 3.91. The Morgan fingerprint density at radius 2 is 2.40 bits per heavy atom. The number of hydrogen-bond donors (Lipinski definition) is 2. The molecule has 0 aromatic rings. The van der Waals surface area contributed by atoms with E-state index in [9.17, 15) is 4.79 Å². The number of carbonyl (C=O) groups excluding carboxylic acids is 1. The molecule has 10 heavy (non-hydrogen) atoms. The van der Waals surface area contributed by atoms with Crippen molar-refractivity contribution in [2.24, 2.45) is 0 Å². The van der Waals surface area contributed by atoms with E-state index in [-0.39, 0.29) is 5.91 Å². The van der Waals surface area contributed by atoms with Crippen LogP contribution in [0.4, 0.5) is 0 Å². The summed E-state index contributed by atoms with van der Waals surface area (Å²) in [5.74, 6) is 6.01. The third-order valence-electron chi connectivity index (χ3n) is 0.890. The second kappa shape index (κ2) is 6.50. The van der Waals surface area contributed by atoms with Gasteiger partial charge in [0.05, 0.1) is 6.54 Å². The van der Waals surface area contributed by atoms with Crippen LogP contribution in [0.25, 0.3) is 0 Å². The summed E-state index contributed by atoms with van der Waals surface area (Å²) in [5.41, 5.74) is 0. The summed E-state index contributed by atoms with van der Waals surface area (Å²) in [6.07, 6.45) is 0.467. The van der Waals surface area contributed by atoms with E-state index in [0.717, 1.165) is 0 Å². The first-order valence-electron chi connectivity index (χ1n) is 3.08. The van der Waals surface area contributed by atoms with E-state index in [1.807, 2.05) is 0 Å². The summed E-state index contributed by atoms with van der Waals surface area (Å²) in [7, 11) is 0. The van der Waals surface area contributed by atoms with Gasteiger partial charge >= 0.3 is 0 Å². The molecular formula is C7H11NOS. The Kier molecular flexibility index (Phi) is 6.10. The fraction of sp³-hybridized carbons (Fsp3) is 0.571. The molecule has 0 fully saturated rings. The first-order chi connectivity index (χ1) is 4.81. The lowest BCUT2D eigenvalue weighted by Crippen LogP contribution is -2.23. The van der Waals surface area contributed by atoms with Crippen molar-refractivity contribution in [2.75, 3.05) is 12.3 Å². The zero-order valence-electron chi connectivity index (χ0n) is 5.98. The summed E-state index contributed by atoms with van der Waals surface area (Å²) in [6, 6.07) is 0. The van der Waals surface area contributed by atoms with Crippen LogP contribution in [0.5, 0.6) is 0 Å². The Morgan fingerprint density at radius 1 is 1.70 bits per heavy atom. The molecule has 0 heterocycles. The summed E-state index contributed by atoms with van der Waals surface area (Å²) in [5, 5.41) is 2.62. The molecule has 0 atom stereocenters. The fourth-order valence-electron chi connectivity index (χ4n) is 0.421. The number of rotatable bonds is 3. The maximum atomic E-state index is 10.7. The van der Waals surface area contributed by atoms with Crippen molar-refractivity contribution in [3.8, 4) is 11.8 Å². The monoisotopic (exact) mass is 157 g/mol. The second-order valence-electron chi connectivity index (χ2n) is 1.68. The highest BCUT2D eigenvalue weighted by Gasteiger charge is 1.94. The third-order valence-corrected chi connectivity index (χ3v) is 1.11. The zero-order valence-corrected chi connectivity index (χ0v) is 6.87. The van der Waals surface area contributed by atoms with E-state index >= 15 is 0 Å². The van der Waals surface area contributed by atoms with E-state index in [4.69, 9.17) is 0 Å². The number of thiol groups is 1. The Balaban J connectivity index is 3.27. The Labute approximate surface area is 66.8 Å². The number of carbonyl (C=O) groups is 1. The van der Waals surface area contributed by atoms with Gasteiger partial charge in [0.25, 0.3) is 0 Å². The number of hydrogen-bond acceptors (Lipinski definition) is 2. The topological polar surface area (TPSA) is 29.1 Å². The molecule has 2 nitrogen and oxygen atoms in total. The third kappa shape index (κ3) is 5.52. The van der Waals surface area contributed by atoms with Gasteiger partial charge in [0, 0.05) is 6.42 Å². The van der Waals surface area contributed by atoms with Gasteiger partial charge in [-0.2, -0.15) is 12.6 Å². The van der Waals surface area contributed by atoms with Gasteiger partial charge in [-0.1, -0.05) is 5.92 Å². The molecule has 0 saturated carbocycles. The highest BCUT2D eigenvalue weighted by atomic mass is 32.1. The fourth-order valence-corrected chi connectivity index (χ4v) is 0.624. The molecule has 1 N–H and O–H groups in total. The lowest BCUT2D eigenvalue weighted by atomic mass is 10.4. The van der Waals surface area contributed by atoms with Crippen LogP contribution in [0, 0.1) is 11.8 Å². The average molecular weight is 157 g/mol. The largest absolute Gasteiger partial charge is 0.345 e. The van der Waals surface area contributed by atoms with Gasteiger partial charge in [-0.25, -0.2) is 0 Å². The van der Waals surface area contributed by atoms with E-state index in [2.05, 4.69) is 29.8 Å². The van der Waals surface area contributed by atoms with Crippen molar-refractivity contribution in [3.63, 3.8) is 0 Å². The summed E-state index contributed by atoms with van der Waals surface area (Å²) in [6.45, 7) is 2.19. The molecule has 0 saturated heterocycles. The Bertz CT molecular complexity index is 157. The van der Waals surface area contributed by atoms with E-state index in [1.54, 1.807) is 6.92 Å². The molecule has 0 aliphatic carbocycles. The van der Waals surface area contributed by atoms with Crippen LogP contribution in [-0.2, 0) is 4.79 Å². The van der Waals surface area contributed by atoms with Crippen molar-refractivity contribution >= 4 is 18.5 Å². The quantitative estimate of drug-likeness (QED) is 0.452. The van der Waals surface area contributed by atoms with Crippen molar-refractivity contribution in [1.82, 2.24) is 5.32 Å². The molecule has 0 aliphatic heterocycles. The molecule has 0 rings (SSSR count). The minimum Gasteiger partial charge on any atom is -0.345 e. The molecule has 3 heteroatoms. The maximum absolute atomic E-state index is 10.7. The van der Waals surface area contributed by atoms with E-state index < -0.39 is 0 Å². The van der Waals surface area contributed by atoms with E-state index in [1.165, 1.54) is 0 Å². The summed E-state index contributed by atoms with van der Waals surface area (Å²) in [4.78, 5) is 10.7. The van der Waals surface area contributed by atoms with Crippen molar-refractivity contribution < 1.29 is 4.79 Å². The van der Waals surface area contributed by atoms with Crippen LogP contribution < -0.4 is 5.32 Å². The molecule has 0 bridgehead atoms. The predicted molar refractivity (Wildman–Crippen MR) is 44.9 cm³/mol. The smallest absolute Gasteiger partial charge is 0.221 e. The first kappa shape index (κ1) is 9.38. The van der Waals surface area contributed by atoms with Gasteiger partial charge in [-0.05, 0) is 12.7 Å². The first-order valence-corrected chi connectivity index (χ1v) is 3.71. The highest BCUT2D eigenvalue weighted by Crippen LogP contribution is 1.81. The molecule has 0 aliphatic rings. The minimum atomic E-state index is 0.0118. The Hall–Kier alpha value is -0.620. The van der Waals surface area contributed by atoms with Gasteiger partial charge in [0.2, 0.25) is 5.91 Å². The van der Waals surface area contributed by atoms with Gasteiger partial charge in [-0.3, -0.25) is 4.79 Å². The predicted octanol–water partition coefficient (Wildman–Crippen LogP) is 0.446. The van der Waals surface area contributed by atoms with Crippen LogP contribution in [0.1, 0.15) is 13.3 Å². The molecule has 0 radical (unpaired) electrons. The lowest BCUT2D eigenvalue weighted by Gasteiger charge is -1.96. The van der Waals surface area contributed by atoms with Crippen LogP contribution in [-0.4, -0.2) is 18.2 Å². The van der Waals surface area contributed by atoms with E-state index in [0.29, 0.717) is 18.7 Å². The van der Waals surface area contributed by atoms with Crippen LogP contribution in [0.15, 0.2) is 0 Å². The molecule has 56 valence electrons. The lowest BCUT2D eigenvalue weighted by molar-refractivity contribution is -0.120. The molecule has 1 amide bonds.